The van der Waals surface area contributed by atoms with Gasteiger partial charge < -0.3 is 10.2 Å². The van der Waals surface area contributed by atoms with Crippen LogP contribution in [-0.4, -0.2) is 16.5 Å². The van der Waals surface area contributed by atoms with E-state index in [-0.39, 0.29) is 5.41 Å². The molecule has 0 saturated heterocycles. The lowest BCUT2D eigenvalue weighted by atomic mass is 9.76. The molecular weight excluding hydrogens is 250 g/mol. The minimum Gasteiger partial charge on any atom is -0.439 e. The number of nitrogens with two attached hydrogens (primary N) is 1. The van der Waals surface area contributed by atoms with Crippen molar-refractivity contribution in [3.05, 3.63) is 23.7 Å². The number of hydrogen-bond acceptors (Lipinski definition) is 4. The highest BCUT2D eigenvalue weighted by Gasteiger charge is 2.24. The molecule has 2 heterocycles. The van der Waals surface area contributed by atoms with E-state index >= 15 is 0 Å². The standard InChI is InChI=1S/C16H25N3O/c1-11-5-7-13-15(18-11)19-14(20-13)8-6-12(9-10-17)16(2,3)4/h5,7,12H,6,8-10,17H2,1-4H3. The lowest BCUT2D eigenvalue weighted by Crippen LogP contribution is -2.24. The summed E-state index contributed by atoms with van der Waals surface area (Å²) in [5, 5.41) is 0. The molecule has 0 radical (unpaired) electrons. The Morgan fingerprint density at radius 2 is 1.95 bits per heavy atom. The second-order valence-corrected chi connectivity index (χ2v) is 6.56. The molecule has 4 nitrogen and oxygen atoms in total. The molecule has 1 atom stereocenters. The number of fused-ring (bicyclic) bond motifs is 1. The Labute approximate surface area is 120 Å². The molecule has 0 spiro atoms. The van der Waals surface area contributed by atoms with Crippen molar-refractivity contribution in [2.24, 2.45) is 17.1 Å². The highest BCUT2D eigenvalue weighted by molar-refractivity contribution is 5.67. The largest absolute Gasteiger partial charge is 0.439 e. The van der Waals surface area contributed by atoms with Crippen molar-refractivity contribution in [2.45, 2.75) is 47.0 Å². The van der Waals surface area contributed by atoms with Crippen molar-refractivity contribution in [1.82, 2.24) is 9.97 Å². The minimum absolute atomic E-state index is 0.264. The zero-order valence-electron chi connectivity index (χ0n) is 12.9. The summed E-state index contributed by atoms with van der Waals surface area (Å²) in [5.74, 6) is 1.36. The van der Waals surface area contributed by atoms with Crippen molar-refractivity contribution in [1.29, 1.82) is 0 Å². The monoisotopic (exact) mass is 275 g/mol. The molecule has 0 saturated carbocycles. The normalized spacial score (nSPS) is 13.8. The van der Waals surface area contributed by atoms with Gasteiger partial charge in [0, 0.05) is 12.1 Å². The molecule has 4 heteroatoms. The highest BCUT2D eigenvalue weighted by atomic mass is 16.3. The van der Waals surface area contributed by atoms with Gasteiger partial charge in [0.25, 0.3) is 0 Å². The maximum atomic E-state index is 5.76. The summed E-state index contributed by atoms with van der Waals surface area (Å²) in [6, 6.07) is 3.89. The van der Waals surface area contributed by atoms with E-state index in [0.29, 0.717) is 11.6 Å². The van der Waals surface area contributed by atoms with Gasteiger partial charge in [0.2, 0.25) is 0 Å². The van der Waals surface area contributed by atoms with E-state index < -0.39 is 0 Å². The van der Waals surface area contributed by atoms with Crippen LogP contribution in [0.3, 0.4) is 0 Å². The van der Waals surface area contributed by atoms with Crippen LogP contribution in [0.15, 0.2) is 16.5 Å². The first-order chi connectivity index (χ1) is 9.40. The van der Waals surface area contributed by atoms with Crippen LogP contribution in [0.5, 0.6) is 0 Å². The van der Waals surface area contributed by atoms with E-state index in [4.69, 9.17) is 10.2 Å². The number of hydrogen-bond donors (Lipinski definition) is 1. The second kappa shape index (κ2) is 5.92. The van der Waals surface area contributed by atoms with Crippen LogP contribution >= 0.6 is 0 Å². The van der Waals surface area contributed by atoms with Crippen molar-refractivity contribution in [2.75, 3.05) is 6.54 Å². The number of aromatic nitrogens is 2. The van der Waals surface area contributed by atoms with Gasteiger partial charge in [0.1, 0.15) is 0 Å². The minimum atomic E-state index is 0.264. The van der Waals surface area contributed by atoms with Crippen LogP contribution in [0.1, 0.15) is 45.2 Å². The summed E-state index contributed by atoms with van der Waals surface area (Å²) in [7, 11) is 0. The summed E-state index contributed by atoms with van der Waals surface area (Å²) >= 11 is 0. The first kappa shape index (κ1) is 15.0. The zero-order valence-corrected chi connectivity index (χ0v) is 12.9. The lowest BCUT2D eigenvalue weighted by Gasteiger charge is -2.30. The van der Waals surface area contributed by atoms with Gasteiger partial charge >= 0.3 is 0 Å². The third-order valence-electron chi connectivity index (χ3n) is 3.88. The highest BCUT2D eigenvalue weighted by Crippen LogP contribution is 2.32. The number of oxazole rings is 1. The number of aryl methyl sites for hydroxylation is 2. The lowest BCUT2D eigenvalue weighted by molar-refractivity contribution is 0.211. The molecule has 0 amide bonds. The summed E-state index contributed by atoms with van der Waals surface area (Å²) in [5.41, 5.74) is 8.44. The molecule has 0 fully saturated rings. The van der Waals surface area contributed by atoms with Crippen molar-refractivity contribution >= 4 is 11.2 Å². The average molecular weight is 275 g/mol. The number of nitrogens with zero attached hydrogens (tertiary/aromatic N) is 2. The van der Waals surface area contributed by atoms with Gasteiger partial charge in [0.05, 0.1) is 0 Å². The Hall–Kier alpha value is -1.42. The smallest absolute Gasteiger partial charge is 0.199 e. The maximum Gasteiger partial charge on any atom is 0.199 e. The Kier molecular flexibility index (Phi) is 4.43. The quantitative estimate of drug-likeness (QED) is 0.907. The van der Waals surface area contributed by atoms with E-state index in [1.165, 1.54) is 0 Å². The van der Waals surface area contributed by atoms with Crippen molar-refractivity contribution in [3.8, 4) is 0 Å². The first-order valence-electron chi connectivity index (χ1n) is 7.33. The van der Waals surface area contributed by atoms with Gasteiger partial charge in [-0.15, -0.1) is 0 Å². The van der Waals surface area contributed by atoms with Crippen molar-refractivity contribution in [3.63, 3.8) is 0 Å². The van der Waals surface area contributed by atoms with Gasteiger partial charge in [-0.1, -0.05) is 20.8 Å². The third-order valence-corrected chi connectivity index (χ3v) is 3.88. The third kappa shape index (κ3) is 3.57. The van der Waals surface area contributed by atoms with Gasteiger partial charge in [-0.2, -0.15) is 4.98 Å². The van der Waals surface area contributed by atoms with E-state index in [2.05, 4.69) is 30.7 Å². The van der Waals surface area contributed by atoms with E-state index in [0.717, 1.165) is 43.0 Å². The predicted octanol–water partition coefficient (Wildman–Crippen LogP) is 3.47. The Bertz CT molecular complexity index is 569. The Morgan fingerprint density at radius 1 is 1.20 bits per heavy atom. The molecule has 2 aromatic heterocycles. The van der Waals surface area contributed by atoms with E-state index in [1.54, 1.807) is 0 Å². The van der Waals surface area contributed by atoms with Gasteiger partial charge in [-0.3, -0.25) is 0 Å². The molecule has 2 N–H and O–H groups in total. The van der Waals surface area contributed by atoms with Crippen LogP contribution < -0.4 is 5.73 Å². The van der Waals surface area contributed by atoms with Gasteiger partial charge in [0.15, 0.2) is 17.1 Å². The molecule has 0 aliphatic carbocycles. The SMILES string of the molecule is Cc1ccc2oc(CCC(CCN)C(C)(C)C)nc2n1. The molecule has 20 heavy (non-hydrogen) atoms. The summed E-state index contributed by atoms with van der Waals surface area (Å²) in [6.45, 7) is 9.50. The molecule has 2 aromatic rings. The fourth-order valence-electron chi connectivity index (χ4n) is 2.57. The van der Waals surface area contributed by atoms with Crippen LogP contribution in [0.25, 0.3) is 11.2 Å². The van der Waals surface area contributed by atoms with Crippen molar-refractivity contribution < 1.29 is 4.42 Å². The number of rotatable bonds is 5. The molecule has 0 aromatic carbocycles. The average Bonchev–Trinajstić information content (AvgIpc) is 2.74. The molecule has 0 aliphatic heterocycles. The van der Waals surface area contributed by atoms with Crippen LogP contribution in [0.4, 0.5) is 0 Å². The zero-order chi connectivity index (χ0) is 14.8. The fraction of sp³-hybridized carbons (Fsp3) is 0.625. The molecule has 2 rings (SSSR count). The molecule has 0 bridgehead atoms. The molecule has 110 valence electrons. The van der Waals surface area contributed by atoms with E-state index in [9.17, 15) is 0 Å². The predicted molar refractivity (Wildman–Crippen MR) is 81.5 cm³/mol. The van der Waals surface area contributed by atoms with Crippen LogP contribution in [-0.2, 0) is 6.42 Å². The topological polar surface area (TPSA) is 64.9 Å². The maximum absolute atomic E-state index is 5.76. The molecule has 0 aliphatic rings. The second-order valence-electron chi connectivity index (χ2n) is 6.56. The number of pyridine rings is 1. The first-order valence-corrected chi connectivity index (χ1v) is 7.33. The molecular formula is C16H25N3O. The van der Waals surface area contributed by atoms with Gasteiger partial charge in [-0.05, 0) is 49.8 Å². The van der Waals surface area contributed by atoms with Crippen LogP contribution in [0.2, 0.25) is 0 Å². The Morgan fingerprint density at radius 3 is 2.60 bits per heavy atom. The Balaban J connectivity index is 2.07. The molecule has 1 unspecified atom stereocenters. The van der Waals surface area contributed by atoms with Gasteiger partial charge in [-0.25, -0.2) is 4.98 Å². The fourth-order valence-corrected chi connectivity index (χ4v) is 2.57. The summed E-state index contributed by atoms with van der Waals surface area (Å²) in [4.78, 5) is 8.86. The van der Waals surface area contributed by atoms with E-state index in [1.807, 2.05) is 19.1 Å². The summed E-state index contributed by atoms with van der Waals surface area (Å²) in [6.07, 6.45) is 2.94. The summed E-state index contributed by atoms with van der Waals surface area (Å²) < 4.78 is 5.76. The van der Waals surface area contributed by atoms with Crippen LogP contribution in [0, 0.1) is 18.3 Å².